The van der Waals surface area contributed by atoms with E-state index >= 15 is 0 Å². The van der Waals surface area contributed by atoms with Crippen LogP contribution in [0.15, 0.2) is 48.7 Å². The fourth-order valence-corrected chi connectivity index (χ4v) is 4.70. The minimum Gasteiger partial charge on any atom is -0.337 e. The number of rotatable bonds is 4. The summed E-state index contributed by atoms with van der Waals surface area (Å²) in [6.45, 7) is 1.50. The number of hydrogen-bond acceptors (Lipinski definition) is 6. The number of likely N-dealkylation sites (tertiary alicyclic amines) is 1. The molecule has 1 fully saturated rings. The van der Waals surface area contributed by atoms with Gasteiger partial charge in [0.2, 0.25) is 11.9 Å². The van der Waals surface area contributed by atoms with Crippen molar-refractivity contribution >= 4 is 51.7 Å². The highest BCUT2D eigenvalue weighted by Crippen LogP contribution is 2.34. The average molecular weight is 554 g/mol. The summed E-state index contributed by atoms with van der Waals surface area (Å²) < 4.78 is 1.03. The molecule has 0 radical (unpaired) electrons. The van der Waals surface area contributed by atoms with Crippen LogP contribution in [0.25, 0.3) is 11.3 Å². The smallest absolute Gasteiger partial charge is 0.253 e. The van der Waals surface area contributed by atoms with Gasteiger partial charge in [0.1, 0.15) is 0 Å². The van der Waals surface area contributed by atoms with Gasteiger partial charge >= 0.3 is 0 Å². The Labute approximate surface area is 205 Å². The van der Waals surface area contributed by atoms with Crippen LogP contribution in [0.3, 0.4) is 0 Å². The van der Waals surface area contributed by atoms with Gasteiger partial charge in [-0.25, -0.2) is 9.97 Å². The van der Waals surface area contributed by atoms with Crippen molar-refractivity contribution in [3.63, 3.8) is 0 Å². The van der Waals surface area contributed by atoms with Crippen molar-refractivity contribution < 1.29 is 9.59 Å². The minimum atomic E-state index is -0.0828. The first-order valence-electron chi connectivity index (χ1n) is 10.8. The number of carbonyl (C=O) groups excluding carboxylic acids is 2. The van der Waals surface area contributed by atoms with Crippen LogP contribution in [0.1, 0.15) is 22.3 Å². The molecule has 8 nitrogen and oxygen atoms in total. The van der Waals surface area contributed by atoms with Crippen molar-refractivity contribution in [1.82, 2.24) is 20.2 Å². The number of likely N-dealkylation sites (N-methyl/N-ethyl adjacent to an activating group) is 1. The van der Waals surface area contributed by atoms with Crippen LogP contribution in [0.2, 0.25) is 0 Å². The lowest BCUT2D eigenvalue weighted by molar-refractivity contribution is -0.115. The number of hydrogen-bond donors (Lipinski definition) is 3. The van der Waals surface area contributed by atoms with Crippen LogP contribution < -0.4 is 16.0 Å². The molecule has 3 N–H and O–H groups in total. The molecule has 2 amide bonds. The molecule has 0 spiro atoms. The molecule has 9 heteroatoms. The maximum absolute atomic E-state index is 12.8. The lowest BCUT2D eigenvalue weighted by Crippen LogP contribution is -2.33. The molecule has 33 heavy (non-hydrogen) atoms. The minimum absolute atomic E-state index is 0.0454. The average Bonchev–Trinajstić information content (AvgIpc) is 3.25. The van der Waals surface area contributed by atoms with Crippen LogP contribution in [0, 0.1) is 3.57 Å². The van der Waals surface area contributed by atoms with Crippen LogP contribution in [0.5, 0.6) is 0 Å². The normalized spacial score (nSPS) is 17.1. The van der Waals surface area contributed by atoms with Gasteiger partial charge in [0.25, 0.3) is 5.91 Å². The maximum atomic E-state index is 12.8. The van der Waals surface area contributed by atoms with E-state index in [1.54, 1.807) is 6.20 Å². The third kappa shape index (κ3) is 4.55. The summed E-state index contributed by atoms with van der Waals surface area (Å²) >= 11 is 2.22. The predicted octanol–water partition coefficient (Wildman–Crippen LogP) is 3.42. The molecule has 1 aromatic heterocycles. The van der Waals surface area contributed by atoms with Gasteiger partial charge in [-0.1, -0.05) is 0 Å². The molecular formula is C24H23IN6O2. The van der Waals surface area contributed by atoms with Crippen molar-refractivity contribution in [1.29, 1.82) is 0 Å². The number of amides is 2. The van der Waals surface area contributed by atoms with E-state index in [-0.39, 0.29) is 18.2 Å². The van der Waals surface area contributed by atoms with Crippen molar-refractivity contribution in [2.24, 2.45) is 0 Å². The monoisotopic (exact) mass is 554 g/mol. The molecule has 2 aliphatic rings. The second-order valence-corrected chi connectivity index (χ2v) is 9.46. The number of halogens is 1. The fourth-order valence-electron chi connectivity index (χ4n) is 4.21. The molecule has 168 valence electrons. The Bertz CT molecular complexity index is 1230. The summed E-state index contributed by atoms with van der Waals surface area (Å²) in [5, 5.41) is 9.40. The van der Waals surface area contributed by atoms with E-state index in [1.807, 2.05) is 54.4 Å². The zero-order chi connectivity index (χ0) is 22.9. The van der Waals surface area contributed by atoms with E-state index < -0.39 is 0 Å². The van der Waals surface area contributed by atoms with Crippen LogP contribution in [-0.4, -0.2) is 52.9 Å². The Balaban J connectivity index is 1.36. The third-order valence-electron chi connectivity index (χ3n) is 6.00. The van der Waals surface area contributed by atoms with Gasteiger partial charge in [-0.3, -0.25) is 9.59 Å². The quantitative estimate of drug-likeness (QED) is 0.428. The molecule has 2 aliphatic heterocycles. The van der Waals surface area contributed by atoms with Gasteiger partial charge in [0.05, 0.1) is 17.8 Å². The summed E-state index contributed by atoms with van der Waals surface area (Å²) in [5.41, 5.74) is 4.58. The topological polar surface area (TPSA) is 99.2 Å². The standard InChI is InChI=1S/C24H23IN6O2/c1-26-18-8-9-31(13-18)23(33)14-2-5-17(6-3-14)28-24-27-12-15-10-21(32)29-20-11-16(25)4-7-19(20)22(15)30-24/h2-7,11-12,18,26H,8-10,13H2,1H3,(H,29,32)(H,27,28,30). The van der Waals surface area contributed by atoms with Gasteiger partial charge < -0.3 is 20.9 Å². The number of carbonyl (C=O) groups is 2. The first kappa shape index (κ1) is 21.8. The van der Waals surface area contributed by atoms with E-state index in [0.717, 1.165) is 51.3 Å². The predicted molar refractivity (Wildman–Crippen MR) is 136 cm³/mol. The van der Waals surface area contributed by atoms with Gasteiger partial charge in [-0.2, -0.15) is 0 Å². The molecule has 0 bridgehead atoms. The molecule has 3 aromatic rings. The SMILES string of the molecule is CNC1CCN(C(=O)c2ccc(Nc3ncc4c(n3)-c3ccc(I)cc3NC(=O)C4)cc2)C1. The lowest BCUT2D eigenvalue weighted by Gasteiger charge is -2.16. The largest absolute Gasteiger partial charge is 0.337 e. The molecule has 1 atom stereocenters. The van der Waals surface area contributed by atoms with E-state index in [1.165, 1.54) is 0 Å². The van der Waals surface area contributed by atoms with Crippen molar-refractivity contribution in [3.8, 4) is 11.3 Å². The number of aromatic nitrogens is 2. The zero-order valence-electron chi connectivity index (χ0n) is 18.1. The molecular weight excluding hydrogens is 531 g/mol. The number of nitrogens with zero attached hydrogens (tertiary/aromatic N) is 3. The summed E-state index contributed by atoms with van der Waals surface area (Å²) in [6.07, 6.45) is 2.89. The van der Waals surface area contributed by atoms with E-state index in [4.69, 9.17) is 4.98 Å². The summed E-state index contributed by atoms with van der Waals surface area (Å²) in [6, 6.07) is 13.6. The fraction of sp³-hybridized carbons (Fsp3) is 0.250. The van der Waals surface area contributed by atoms with Gasteiger partial charge in [-0.15, -0.1) is 0 Å². The number of anilines is 3. The molecule has 0 saturated carbocycles. The molecule has 1 saturated heterocycles. The Morgan fingerprint density at radius 1 is 1.21 bits per heavy atom. The van der Waals surface area contributed by atoms with Crippen molar-refractivity contribution in [3.05, 3.63) is 63.4 Å². The maximum Gasteiger partial charge on any atom is 0.253 e. The Morgan fingerprint density at radius 2 is 2.03 bits per heavy atom. The van der Waals surface area contributed by atoms with Gasteiger partial charge in [-0.05, 0) is 78.5 Å². The first-order chi connectivity index (χ1) is 16.0. The second kappa shape index (κ2) is 9.06. The molecule has 5 rings (SSSR count). The second-order valence-electron chi connectivity index (χ2n) is 8.21. The Kier molecular flexibility index (Phi) is 5.98. The highest BCUT2D eigenvalue weighted by Gasteiger charge is 2.26. The molecule has 0 aliphatic carbocycles. The lowest BCUT2D eigenvalue weighted by atomic mass is 10.1. The molecule has 1 unspecified atom stereocenters. The third-order valence-corrected chi connectivity index (χ3v) is 6.67. The van der Waals surface area contributed by atoms with Crippen molar-refractivity contribution in [2.75, 3.05) is 30.8 Å². The summed E-state index contributed by atoms with van der Waals surface area (Å²) in [7, 11) is 1.93. The van der Waals surface area contributed by atoms with Gasteiger partial charge in [0, 0.05) is 51.3 Å². The highest BCUT2D eigenvalue weighted by molar-refractivity contribution is 14.1. The van der Waals surface area contributed by atoms with Crippen molar-refractivity contribution in [2.45, 2.75) is 18.9 Å². The van der Waals surface area contributed by atoms with Crippen LogP contribution >= 0.6 is 22.6 Å². The Morgan fingerprint density at radius 3 is 2.79 bits per heavy atom. The van der Waals surface area contributed by atoms with Gasteiger partial charge in [0.15, 0.2) is 0 Å². The summed E-state index contributed by atoms with van der Waals surface area (Å²) in [4.78, 5) is 36.1. The summed E-state index contributed by atoms with van der Waals surface area (Å²) in [5.74, 6) is 0.396. The van der Waals surface area contributed by atoms with E-state index in [2.05, 4.69) is 43.5 Å². The van der Waals surface area contributed by atoms with E-state index in [9.17, 15) is 9.59 Å². The number of benzene rings is 2. The van der Waals surface area contributed by atoms with Crippen LogP contribution in [-0.2, 0) is 11.2 Å². The number of nitrogens with one attached hydrogen (secondary N) is 3. The Hall–Kier alpha value is -3.05. The highest BCUT2D eigenvalue weighted by atomic mass is 127. The zero-order valence-corrected chi connectivity index (χ0v) is 20.2. The van der Waals surface area contributed by atoms with Crippen LogP contribution in [0.4, 0.5) is 17.3 Å². The van der Waals surface area contributed by atoms with E-state index in [0.29, 0.717) is 17.6 Å². The first-order valence-corrected chi connectivity index (χ1v) is 11.9. The molecule has 3 heterocycles. The number of fused-ring (bicyclic) bond motifs is 3. The molecule has 2 aromatic carbocycles.